The number of carbonyl (C=O) groups is 2. The minimum Gasteiger partial charge on any atom is -0.439 e. The Bertz CT molecular complexity index is 1420. The minimum atomic E-state index is -0.0365. The molecule has 3 aromatic rings. The minimum absolute atomic E-state index is 0.0365. The van der Waals surface area contributed by atoms with Gasteiger partial charge in [-0.05, 0) is 73.9 Å². The summed E-state index contributed by atoms with van der Waals surface area (Å²) >= 11 is 0. The molecule has 3 saturated heterocycles. The van der Waals surface area contributed by atoms with Crippen molar-refractivity contribution in [1.29, 1.82) is 0 Å². The number of piperidine rings is 1. The Balaban J connectivity index is 0.935. The van der Waals surface area contributed by atoms with Gasteiger partial charge in [0.2, 0.25) is 5.88 Å². The van der Waals surface area contributed by atoms with Crippen LogP contribution in [0.25, 0.3) is 0 Å². The number of nitrogens with one attached hydrogen (secondary N) is 1. The van der Waals surface area contributed by atoms with Crippen LogP contribution in [0.2, 0.25) is 0 Å². The zero-order valence-corrected chi connectivity index (χ0v) is 25.1. The van der Waals surface area contributed by atoms with Gasteiger partial charge in [-0.25, -0.2) is 9.78 Å². The lowest BCUT2D eigenvalue weighted by atomic mass is 9.99. The SMILES string of the molecule is O=C(NC1CC1)c1ccc(Oc2ccc(CN3CCC(N4C(=O)N(C5CCOCC5)C[C@H]4c4ccccc4)CC3)cn2)cc1. The van der Waals surface area contributed by atoms with E-state index >= 15 is 0 Å². The molecule has 4 heterocycles. The molecule has 0 unspecified atom stereocenters. The van der Waals surface area contributed by atoms with Crippen LogP contribution < -0.4 is 10.1 Å². The first-order chi connectivity index (χ1) is 21.6. The number of amides is 3. The fourth-order valence-corrected chi connectivity index (χ4v) is 6.76. The summed E-state index contributed by atoms with van der Waals surface area (Å²) in [5.74, 6) is 1.14. The van der Waals surface area contributed by atoms with Gasteiger partial charge < -0.3 is 24.6 Å². The van der Waals surface area contributed by atoms with Crippen LogP contribution in [0.4, 0.5) is 4.79 Å². The molecule has 1 N–H and O–H groups in total. The van der Waals surface area contributed by atoms with E-state index < -0.39 is 0 Å². The Morgan fingerprint density at radius 1 is 0.886 bits per heavy atom. The number of pyridine rings is 1. The quantitative estimate of drug-likeness (QED) is 0.357. The summed E-state index contributed by atoms with van der Waals surface area (Å²) in [7, 11) is 0. The van der Waals surface area contributed by atoms with Crippen LogP contribution in [-0.2, 0) is 11.3 Å². The van der Waals surface area contributed by atoms with Crippen LogP contribution in [0.3, 0.4) is 0 Å². The van der Waals surface area contributed by atoms with Gasteiger partial charge in [-0.15, -0.1) is 0 Å². The number of nitrogens with zero attached hydrogens (tertiary/aromatic N) is 4. The molecule has 9 heteroatoms. The summed E-state index contributed by atoms with van der Waals surface area (Å²) < 4.78 is 11.5. The molecule has 1 atom stereocenters. The van der Waals surface area contributed by atoms with Crippen LogP contribution in [0.15, 0.2) is 72.9 Å². The smallest absolute Gasteiger partial charge is 0.321 e. The molecular formula is C35H41N5O4. The normalized spacial score (nSPS) is 21.9. The highest BCUT2D eigenvalue weighted by Crippen LogP contribution is 2.37. The Morgan fingerprint density at radius 3 is 2.32 bits per heavy atom. The molecule has 0 bridgehead atoms. The van der Waals surface area contributed by atoms with Crippen molar-refractivity contribution in [2.24, 2.45) is 0 Å². The van der Waals surface area contributed by atoms with E-state index in [0.29, 0.717) is 23.2 Å². The van der Waals surface area contributed by atoms with Gasteiger partial charge in [-0.1, -0.05) is 36.4 Å². The highest BCUT2D eigenvalue weighted by molar-refractivity contribution is 5.94. The number of rotatable bonds is 9. The van der Waals surface area contributed by atoms with Crippen LogP contribution in [-0.4, -0.2) is 82.6 Å². The maximum atomic E-state index is 13.9. The van der Waals surface area contributed by atoms with Gasteiger partial charge in [0.25, 0.3) is 5.91 Å². The number of urea groups is 1. The number of likely N-dealkylation sites (tertiary alicyclic amines) is 1. The lowest BCUT2D eigenvalue weighted by molar-refractivity contribution is 0.0493. The van der Waals surface area contributed by atoms with Crippen molar-refractivity contribution >= 4 is 11.9 Å². The van der Waals surface area contributed by atoms with Gasteiger partial charge >= 0.3 is 6.03 Å². The first-order valence-electron chi connectivity index (χ1n) is 16.1. The number of carbonyl (C=O) groups excluding carboxylic acids is 2. The van der Waals surface area contributed by atoms with Crippen molar-refractivity contribution in [3.05, 3.63) is 89.6 Å². The molecule has 9 nitrogen and oxygen atoms in total. The molecule has 1 saturated carbocycles. The van der Waals surface area contributed by atoms with E-state index in [1.807, 2.05) is 18.3 Å². The maximum absolute atomic E-state index is 13.9. The molecule has 44 heavy (non-hydrogen) atoms. The lowest BCUT2D eigenvalue weighted by Crippen LogP contribution is -2.48. The van der Waals surface area contributed by atoms with E-state index in [4.69, 9.17) is 9.47 Å². The summed E-state index contributed by atoms with van der Waals surface area (Å²) in [4.78, 5) is 37.4. The number of hydrogen-bond donors (Lipinski definition) is 1. The predicted molar refractivity (Wildman–Crippen MR) is 167 cm³/mol. The number of hydrogen-bond acceptors (Lipinski definition) is 6. The van der Waals surface area contributed by atoms with Crippen LogP contribution in [0, 0.1) is 0 Å². The third-order valence-corrected chi connectivity index (χ3v) is 9.39. The zero-order chi connectivity index (χ0) is 29.9. The molecule has 4 aliphatic rings. The standard InChI is InChI=1S/C35H41N5O4/c41-34(37-28-9-10-28)27-7-11-31(12-8-27)44-33-13-6-25(22-36-33)23-38-18-14-30(15-19-38)40-32(26-4-2-1-3-5-26)24-39(35(40)42)29-16-20-43-21-17-29/h1-8,11-13,22,28-30,32H,9-10,14-21,23-24H2,(H,37,41)/t32-/m0/s1. The second-order valence-corrected chi connectivity index (χ2v) is 12.5. The van der Waals surface area contributed by atoms with Crippen molar-refractivity contribution in [2.75, 3.05) is 32.8 Å². The summed E-state index contributed by atoms with van der Waals surface area (Å²) in [6, 6.07) is 22.8. The third-order valence-electron chi connectivity index (χ3n) is 9.39. The maximum Gasteiger partial charge on any atom is 0.321 e. The Hall–Kier alpha value is -3.95. The van der Waals surface area contributed by atoms with Gasteiger partial charge in [-0.2, -0.15) is 0 Å². The van der Waals surface area contributed by atoms with Crippen molar-refractivity contribution in [3.8, 4) is 11.6 Å². The number of ether oxygens (including phenoxy) is 2. The van der Waals surface area contributed by atoms with E-state index in [-0.39, 0.29) is 30.1 Å². The molecule has 2 aromatic carbocycles. The molecule has 0 radical (unpaired) electrons. The number of benzene rings is 2. The highest BCUT2D eigenvalue weighted by atomic mass is 16.5. The Kier molecular flexibility index (Phi) is 8.48. The topological polar surface area (TPSA) is 87.2 Å². The summed E-state index contributed by atoms with van der Waals surface area (Å²) in [6.07, 6.45) is 7.76. The summed E-state index contributed by atoms with van der Waals surface area (Å²) in [5, 5.41) is 3.00. The molecule has 230 valence electrons. The Labute approximate surface area is 259 Å². The van der Waals surface area contributed by atoms with Crippen LogP contribution in [0.5, 0.6) is 11.6 Å². The largest absolute Gasteiger partial charge is 0.439 e. The Morgan fingerprint density at radius 2 is 1.64 bits per heavy atom. The zero-order valence-electron chi connectivity index (χ0n) is 25.1. The van der Waals surface area contributed by atoms with Crippen molar-refractivity contribution < 1.29 is 19.1 Å². The van der Waals surface area contributed by atoms with E-state index in [0.717, 1.165) is 83.5 Å². The fraction of sp³-hybridized carbons (Fsp3) is 0.457. The molecule has 1 aromatic heterocycles. The van der Waals surface area contributed by atoms with Gasteiger partial charge in [-0.3, -0.25) is 9.69 Å². The van der Waals surface area contributed by atoms with Crippen molar-refractivity contribution in [2.45, 2.75) is 69.2 Å². The predicted octanol–water partition coefficient (Wildman–Crippen LogP) is 5.39. The van der Waals surface area contributed by atoms with E-state index in [1.54, 1.807) is 24.3 Å². The van der Waals surface area contributed by atoms with E-state index in [2.05, 4.69) is 55.3 Å². The molecule has 3 aliphatic heterocycles. The average molecular weight is 596 g/mol. The van der Waals surface area contributed by atoms with Crippen molar-refractivity contribution in [3.63, 3.8) is 0 Å². The molecule has 0 spiro atoms. The summed E-state index contributed by atoms with van der Waals surface area (Å²) in [5.41, 5.74) is 2.99. The monoisotopic (exact) mass is 595 g/mol. The average Bonchev–Trinajstić information content (AvgIpc) is 3.82. The second-order valence-electron chi connectivity index (χ2n) is 12.5. The fourth-order valence-electron chi connectivity index (χ4n) is 6.76. The second kappa shape index (κ2) is 13.0. The van der Waals surface area contributed by atoms with Crippen molar-refractivity contribution in [1.82, 2.24) is 25.0 Å². The highest BCUT2D eigenvalue weighted by Gasteiger charge is 2.45. The molecule has 4 fully saturated rings. The van der Waals surface area contributed by atoms with Gasteiger partial charge in [0.1, 0.15) is 5.75 Å². The number of aromatic nitrogens is 1. The third kappa shape index (κ3) is 6.59. The first-order valence-corrected chi connectivity index (χ1v) is 16.1. The van der Waals surface area contributed by atoms with E-state index in [1.165, 1.54) is 5.56 Å². The summed E-state index contributed by atoms with van der Waals surface area (Å²) in [6.45, 7) is 4.91. The van der Waals surface area contributed by atoms with Gasteiger partial charge in [0.05, 0.1) is 6.04 Å². The van der Waals surface area contributed by atoms with E-state index in [9.17, 15) is 9.59 Å². The molecule has 3 amide bonds. The van der Waals surface area contributed by atoms with Gasteiger partial charge in [0, 0.05) is 75.3 Å². The van der Waals surface area contributed by atoms with Gasteiger partial charge in [0.15, 0.2) is 0 Å². The van der Waals surface area contributed by atoms with Crippen LogP contribution >= 0.6 is 0 Å². The van der Waals surface area contributed by atoms with Crippen LogP contribution in [0.1, 0.15) is 66.1 Å². The molecule has 7 rings (SSSR count). The first kappa shape index (κ1) is 28.8. The molecular weight excluding hydrogens is 554 g/mol. The molecule has 1 aliphatic carbocycles. The lowest BCUT2D eigenvalue weighted by Gasteiger charge is -2.39.